The third-order valence-electron chi connectivity index (χ3n) is 2.73. The van der Waals surface area contributed by atoms with E-state index in [1.165, 1.54) is 6.39 Å². The van der Waals surface area contributed by atoms with E-state index in [0.29, 0.717) is 30.7 Å². The number of hydrogen-bond acceptors (Lipinski definition) is 9. The fourth-order valence-corrected chi connectivity index (χ4v) is 1.70. The van der Waals surface area contributed by atoms with Crippen molar-refractivity contribution in [2.75, 3.05) is 35.6 Å². The molecule has 0 saturated carbocycles. The normalized spacial score (nSPS) is 10.5. The topological polar surface area (TPSA) is 119 Å². The molecule has 0 spiro atoms. The summed E-state index contributed by atoms with van der Waals surface area (Å²) in [7, 11) is 0. The van der Waals surface area contributed by atoms with Crippen molar-refractivity contribution in [3.05, 3.63) is 12.2 Å². The molecule has 0 aliphatic heterocycles. The van der Waals surface area contributed by atoms with Gasteiger partial charge in [0.05, 0.1) is 0 Å². The Bertz CT molecular complexity index is 525. The average Bonchev–Trinajstić information content (AvgIpc) is 2.93. The fraction of sp³-hybridized carbons (Fsp3) is 0.545. The van der Waals surface area contributed by atoms with Crippen molar-refractivity contribution < 1.29 is 4.52 Å². The van der Waals surface area contributed by atoms with Gasteiger partial charge in [-0.2, -0.15) is 19.9 Å². The standard InChI is InChI=1S/C11H18N8O/c1-3-19(4-2)11-16-9(12)15-10(17-11)13-6-5-8-14-7-20-18-8/h7H,3-6H2,1-2H3,(H3,12,13,15,16,17). The highest BCUT2D eigenvalue weighted by atomic mass is 16.5. The molecule has 0 aliphatic carbocycles. The van der Waals surface area contributed by atoms with E-state index < -0.39 is 0 Å². The summed E-state index contributed by atoms with van der Waals surface area (Å²) in [5.41, 5.74) is 5.70. The maximum atomic E-state index is 5.70. The molecule has 2 aromatic heterocycles. The Kier molecular flexibility index (Phi) is 4.64. The summed E-state index contributed by atoms with van der Waals surface area (Å²) in [5, 5.41) is 6.80. The van der Waals surface area contributed by atoms with Gasteiger partial charge in [0.25, 0.3) is 0 Å². The monoisotopic (exact) mass is 278 g/mol. The first-order valence-electron chi connectivity index (χ1n) is 6.48. The Hall–Kier alpha value is -2.45. The van der Waals surface area contributed by atoms with Crippen molar-refractivity contribution in [3.8, 4) is 0 Å². The van der Waals surface area contributed by atoms with Gasteiger partial charge in [-0.25, -0.2) is 0 Å². The number of nitrogens with two attached hydrogens (primary N) is 1. The average molecular weight is 278 g/mol. The van der Waals surface area contributed by atoms with E-state index in [9.17, 15) is 0 Å². The maximum absolute atomic E-state index is 5.70. The van der Waals surface area contributed by atoms with Crippen molar-refractivity contribution >= 4 is 17.8 Å². The van der Waals surface area contributed by atoms with E-state index in [4.69, 9.17) is 5.73 Å². The SMILES string of the molecule is CCN(CC)c1nc(N)nc(NCCc2ncon2)n1. The third kappa shape index (κ3) is 3.53. The summed E-state index contributed by atoms with van der Waals surface area (Å²) in [4.78, 5) is 18.5. The molecule has 0 radical (unpaired) electrons. The summed E-state index contributed by atoms with van der Waals surface area (Å²) in [6.45, 7) is 6.27. The van der Waals surface area contributed by atoms with E-state index in [0.717, 1.165) is 13.1 Å². The first kappa shape index (κ1) is 14.0. The molecule has 0 aromatic carbocycles. The molecule has 3 N–H and O–H groups in total. The minimum atomic E-state index is 0.198. The Labute approximate surface area is 116 Å². The predicted molar refractivity (Wildman–Crippen MR) is 74.3 cm³/mol. The van der Waals surface area contributed by atoms with Crippen LogP contribution in [0.4, 0.5) is 17.8 Å². The molecule has 0 bridgehead atoms. The smallest absolute Gasteiger partial charge is 0.231 e. The quantitative estimate of drug-likeness (QED) is 0.738. The van der Waals surface area contributed by atoms with Crippen molar-refractivity contribution in [2.24, 2.45) is 0 Å². The molecule has 0 amide bonds. The minimum Gasteiger partial charge on any atom is -0.368 e. The molecule has 2 aromatic rings. The second-order valence-corrected chi connectivity index (χ2v) is 4.01. The van der Waals surface area contributed by atoms with E-state index >= 15 is 0 Å². The van der Waals surface area contributed by atoms with Crippen LogP contribution in [0.1, 0.15) is 19.7 Å². The van der Waals surface area contributed by atoms with Crippen molar-refractivity contribution in [2.45, 2.75) is 20.3 Å². The minimum absolute atomic E-state index is 0.198. The lowest BCUT2D eigenvalue weighted by Gasteiger charge is -2.18. The first-order valence-corrected chi connectivity index (χ1v) is 6.48. The molecule has 0 atom stereocenters. The van der Waals surface area contributed by atoms with Crippen LogP contribution >= 0.6 is 0 Å². The molecular weight excluding hydrogens is 260 g/mol. The summed E-state index contributed by atoms with van der Waals surface area (Å²) < 4.78 is 4.66. The lowest BCUT2D eigenvalue weighted by Crippen LogP contribution is -2.25. The van der Waals surface area contributed by atoms with Crippen LogP contribution in [-0.2, 0) is 6.42 Å². The predicted octanol–water partition coefficient (Wildman–Crippen LogP) is 0.338. The zero-order valence-electron chi connectivity index (χ0n) is 11.6. The Morgan fingerprint density at radius 2 is 2.05 bits per heavy atom. The van der Waals surface area contributed by atoms with Gasteiger partial charge in [-0.3, -0.25) is 0 Å². The Morgan fingerprint density at radius 1 is 1.25 bits per heavy atom. The van der Waals surface area contributed by atoms with E-state index in [1.807, 2.05) is 18.7 Å². The Balaban J connectivity index is 2.00. The summed E-state index contributed by atoms with van der Waals surface area (Å²) >= 11 is 0. The maximum Gasteiger partial charge on any atom is 0.231 e. The Morgan fingerprint density at radius 3 is 2.70 bits per heavy atom. The van der Waals surface area contributed by atoms with Gasteiger partial charge in [0.1, 0.15) is 0 Å². The highest BCUT2D eigenvalue weighted by molar-refractivity contribution is 5.41. The number of nitrogen functional groups attached to an aromatic ring is 1. The van der Waals surface area contributed by atoms with Crippen LogP contribution in [0, 0.1) is 0 Å². The van der Waals surface area contributed by atoms with Gasteiger partial charge >= 0.3 is 0 Å². The van der Waals surface area contributed by atoms with E-state index in [2.05, 4.69) is 34.9 Å². The number of hydrogen-bond donors (Lipinski definition) is 2. The van der Waals surface area contributed by atoms with Gasteiger partial charge in [-0.1, -0.05) is 5.16 Å². The molecule has 9 nitrogen and oxygen atoms in total. The summed E-state index contributed by atoms with van der Waals surface area (Å²) in [5.74, 6) is 1.85. The largest absolute Gasteiger partial charge is 0.368 e. The summed E-state index contributed by atoms with van der Waals surface area (Å²) in [6, 6.07) is 0. The van der Waals surface area contributed by atoms with Gasteiger partial charge in [0, 0.05) is 26.1 Å². The van der Waals surface area contributed by atoms with E-state index in [-0.39, 0.29) is 5.95 Å². The molecule has 20 heavy (non-hydrogen) atoms. The van der Waals surface area contributed by atoms with Crippen LogP contribution in [-0.4, -0.2) is 44.7 Å². The van der Waals surface area contributed by atoms with Gasteiger partial charge < -0.3 is 20.5 Å². The molecule has 0 unspecified atom stereocenters. The van der Waals surface area contributed by atoms with Crippen LogP contribution in [0.3, 0.4) is 0 Å². The fourth-order valence-electron chi connectivity index (χ4n) is 1.70. The van der Waals surface area contributed by atoms with Gasteiger partial charge in [-0.05, 0) is 13.8 Å². The van der Waals surface area contributed by atoms with Gasteiger partial charge in [0.2, 0.25) is 24.2 Å². The second-order valence-electron chi connectivity index (χ2n) is 4.01. The zero-order chi connectivity index (χ0) is 14.4. The molecule has 0 saturated heterocycles. The lowest BCUT2D eigenvalue weighted by atomic mass is 10.4. The second kappa shape index (κ2) is 6.64. The molecule has 108 valence electrons. The number of anilines is 3. The summed E-state index contributed by atoms with van der Waals surface area (Å²) in [6.07, 6.45) is 1.91. The number of aromatic nitrogens is 5. The van der Waals surface area contributed by atoms with Crippen LogP contribution in [0.2, 0.25) is 0 Å². The van der Waals surface area contributed by atoms with Gasteiger partial charge in [-0.15, -0.1) is 0 Å². The van der Waals surface area contributed by atoms with Crippen molar-refractivity contribution in [1.82, 2.24) is 25.1 Å². The molecule has 0 aliphatic rings. The number of rotatable bonds is 7. The molecule has 2 heterocycles. The molecule has 0 fully saturated rings. The first-order chi connectivity index (χ1) is 9.72. The van der Waals surface area contributed by atoms with Crippen LogP contribution in [0.25, 0.3) is 0 Å². The van der Waals surface area contributed by atoms with Crippen LogP contribution in [0.15, 0.2) is 10.9 Å². The molecule has 2 rings (SSSR count). The zero-order valence-corrected chi connectivity index (χ0v) is 11.6. The molecular formula is C11H18N8O. The van der Waals surface area contributed by atoms with Crippen molar-refractivity contribution in [3.63, 3.8) is 0 Å². The lowest BCUT2D eigenvalue weighted by molar-refractivity contribution is 0.410. The van der Waals surface area contributed by atoms with Gasteiger partial charge in [0.15, 0.2) is 5.82 Å². The van der Waals surface area contributed by atoms with Crippen molar-refractivity contribution in [1.29, 1.82) is 0 Å². The van der Waals surface area contributed by atoms with Crippen LogP contribution < -0.4 is 16.0 Å². The number of nitrogens with one attached hydrogen (secondary N) is 1. The molecule has 9 heteroatoms. The number of nitrogens with zero attached hydrogens (tertiary/aromatic N) is 6. The third-order valence-corrected chi connectivity index (χ3v) is 2.73. The van der Waals surface area contributed by atoms with E-state index in [1.54, 1.807) is 0 Å². The highest BCUT2D eigenvalue weighted by Crippen LogP contribution is 2.11. The highest BCUT2D eigenvalue weighted by Gasteiger charge is 2.09. The van der Waals surface area contributed by atoms with Crippen LogP contribution in [0.5, 0.6) is 0 Å².